The zero-order chi connectivity index (χ0) is 25.1. The molecule has 0 atom stereocenters. The maximum Gasteiger partial charge on any atom is 0.357 e. The highest BCUT2D eigenvalue weighted by molar-refractivity contribution is 6.07. The van der Waals surface area contributed by atoms with Crippen LogP contribution < -0.4 is 5.32 Å². The molecule has 0 saturated carbocycles. The second kappa shape index (κ2) is 9.97. The molecule has 0 bridgehead atoms. The first kappa shape index (κ1) is 23.9. The molecule has 2 heterocycles. The van der Waals surface area contributed by atoms with E-state index in [-0.39, 0.29) is 23.9 Å². The number of hydrogen-bond acceptors (Lipinski definition) is 5. The van der Waals surface area contributed by atoms with E-state index in [0.29, 0.717) is 23.2 Å². The number of pyridine rings is 1. The van der Waals surface area contributed by atoms with Crippen LogP contribution in [0, 0.1) is 12.7 Å². The number of aromatic nitrogens is 2. The molecular weight excluding hydrogens is 447 g/mol. The Labute approximate surface area is 203 Å². The van der Waals surface area contributed by atoms with Gasteiger partial charge in [-0.3, -0.25) is 9.78 Å². The van der Waals surface area contributed by atoms with Crippen LogP contribution in [0.3, 0.4) is 0 Å². The first-order chi connectivity index (χ1) is 16.8. The summed E-state index contributed by atoms with van der Waals surface area (Å²) in [6.07, 6.45) is 3.28. The Morgan fingerprint density at radius 1 is 1.11 bits per heavy atom. The van der Waals surface area contributed by atoms with Crippen molar-refractivity contribution in [1.29, 1.82) is 0 Å². The first-order valence-electron chi connectivity index (χ1n) is 11.3. The van der Waals surface area contributed by atoms with Gasteiger partial charge in [-0.05, 0) is 55.3 Å². The molecule has 0 spiro atoms. The van der Waals surface area contributed by atoms with Crippen molar-refractivity contribution in [1.82, 2.24) is 14.5 Å². The van der Waals surface area contributed by atoms with Crippen molar-refractivity contribution in [3.63, 3.8) is 0 Å². The van der Waals surface area contributed by atoms with Gasteiger partial charge in [0, 0.05) is 44.0 Å². The average Bonchev–Trinajstić information content (AvgIpc) is 3.14. The summed E-state index contributed by atoms with van der Waals surface area (Å²) in [4.78, 5) is 31.1. The average molecular weight is 475 g/mol. The zero-order valence-corrected chi connectivity index (χ0v) is 20.1. The highest BCUT2D eigenvalue weighted by Crippen LogP contribution is 2.35. The molecule has 4 aromatic rings. The molecule has 0 radical (unpaired) electrons. The predicted molar refractivity (Wildman–Crippen MR) is 134 cm³/mol. The lowest BCUT2D eigenvalue weighted by Crippen LogP contribution is -2.21. The molecule has 4 rings (SSSR count). The van der Waals surface area contributed by atoms with Crippen LogP contribution >= 0.6 is 0 Å². The molecule has 2 aromatic heterocycles. The Kier molecular flexibility index (Phi) is 6.82. The number of anilines is 2. The number of esters is 1. The first-order valence-corrected chi connectivity index (χ1v) is 11.3. The number of ether oxygens (including phenoxy) is 1. The van der Waals surface area contributed by atoms with E-state index < -0.39 is 11.8 Å². The van der Waals surface area contributed by atoms with Crippen LogP contribution in [0.1, 0.15) is 38.9 Å². The van der Waals surface area contributed by atoms with Crippen molar-refractivity contribution in [3.8, 4) is 0 Å². The van der Waals surface area contributed by atoms with E-state index in [4.69, 9.17) is 4.74 Å². The van der Waals surface area contributed by atoms with E-state index in [2.05, 4.69) is 10.3 Å². The van der Waals surface area contributed by atoms with Crippen molar-refractivity contribution >= 4 is 34.2 Å². The molecule has 7 nitrogen and oxygen atoms in total. The van der Waals surface area contributed by atoms with Gasteiger partial charge in [0.1, 0.15) is 5.82 Å². The standard InChI is InChI=1S/C27H27FN4O3/c1-5-35-27(34)25-24(30-22-11-6-17(2)14-21(22)28)20-15-29-13-12-23(20)32(25)16-18-7-9-19(10-8-18)26(33)31(3)4/h6-15,30H,5,16H2,1-4H3. The van der Waals surface area contributed by atoms with E-state index in [1.807, 2.05) is 23.6 Å². The van der Waals surface area contributed by atoms with E-state index in [1.54, 1.807) is 63.7 Å². The normalized spacial score (nSPS) is 10.9. The number of rotatable bonds is 7. The summed E-state index contributed by atoms with van der Waals surface area (Å²) < 4.78 is 21.9. The number of aryl methyl sites for hydroxylation is 1. The van der Waals surface area contributed by atoms with Gasteiger partial charge in [0.05, 0.1) is 23.5 Å². The van der Waals surface area contributed by atoms with Gasteiger partial charge in [-0.25, -0.2) is 9.18 Å². The van der Waals surface area contributed by atoms with E-state index in [0.717, 1.165) is 16.6 Å². The fourth-order valence-corrected chi connectivity index (χ4v) is 3.95. The van der Waals surface area contributed by atoms with Crippen LogP contribution in [-0.4, -0.2) is 47.0 Å². The largest absolute Gasteiger partial charge is 0.461 e. The minimum atomic E-state index is -0.530. The van der Waals surface area contributed by atoms with Gasteiger partial charge in [-0.15, -0.1) is 0 Å². The zero-order valence-electron chi connectivity index (χ0n) is 20.1. The second-order valence-electron chi connectivity index (χ2n) is 8.43. The van der Waals surface area contributed by atoms with E-state index >= 15 is 0 Å². The Morgan fingerprint density at radius 3 is 2.51 bits per heavy atom. The van der Waals surface area contributed by atoms with Gasteiger partial charge >= 0.3 is 5.97 Å². The molecule has 0 aliphatic rings. The van der Waals surface area contributed by atoms with Crippen LogP contribution in [0.15, 0.2) is 60.9 Å². The number of hydrogen-bond donors (Lipinski definition) is 1. The topological polar surface area (TPSA) is 76.5 Å². The minimum Gasteiger partial charge on any atom is -0.461 e. The third kappa shape index (κ3) is 4.87. The lowest BCUT2D eigenvalue weighted by molar-refractivity contribution is 0.0516. The Bertz CT molecular complexity index is 1390. The monoisotopic (exact) mass is 474 g/mol. The van der Waals surface area contributed by atoms with Gasteiger partial charge in [-0.1, -0.05) is 18.2 Å². The minimum absolute atomic E-state index is 0.0899. The third-order valence-electron chi connectivity index (χ3n) is 5.67. The number of carbonyl (C=O) groups is 2. The molecule has 0 aliphatic carbocycles. The van der Waals surface area contributed by atoms with Gasteiger partial charge < -0.3 is 19.5 Å². The molecular formula is C27H27FN4O3. The summed E-state index contributed by atoms with van der Waals surface area (Å²) in [5.74, 6) is -1.04. The molecule has 0 aliphatic heterocycles. The predicted octanol–water partition coefficient (Wildman–Crippen LogP) is 5.15. The van der Waals surface area contributed by atoms with Crippen LogP contribution in [-0.2, 0) is 11.3 Å². The van der Waals surface area contributed by atoms with Gasteiger partial charge in [0.25, 0.3) is 5.91 Å². The van der Waals surface area contributed by atoms with Crippen LogP contribution in [0.5, 0.6) is 0 Å². The van der Waals surface area contributed by atoms with Crippen molar-refractivity contribution in [2.75, 3.05) is 26.0 Å². The highest BCUT2D eigenvalue weighted by Gasteiger charge is 2.25. The van der Waals surface area contributed by atoms with Crippen molar-refractivity contribution in [3.05, 3.63) is 89.1 Å². The maximum atomic E-state index is 14.7. The van der Waals surface area contributed by atoms with E-state index in [9.17, 15) is 14.0 Å². The molecule has 1 amide bonds. The summed E-state index contributed by atoms with van der Waals surface area (Å²) in [5.41, 5.74) is 3.92. The maximum absolute atomic E-state index is 14.7. The quantitative estimate of drug-likeness (QED) is 0.375. The fourth-order valence-electron chi connectivity index (χ4n) is 3.95. The molecule has 1 N–H and O–H groups in total. The van der Waals surface area contributed by atoms with Crippen molar-refractivity contribution < 1.29 is 18.7 Å². The molecule has 35 heavy (non-hydrogen) atoms. The summed E-state index contributed by atoms with van der Waals surface area (Å²) in [5, 5.41) is 3.77. The Balaban J connectivity index is 1.83. The summed E-state index contributed by atoms with van der Waals surface area (Å²) >= 11 is 0. The molecule has 0 fully saturated rings. The number of fused-ring (bicyclic) bond motifs is 1. The van der Waals surface area contributed by atoms with E-state index in [1.165, 1.54) is 11.0 Å². The molecule has 0 saturated heterocycles. The lowest BCUT2D eigenvalue weighted by atomic mass is 10.1. The Hall–Kier alpha value is -4.20. The summed E-state index contributed by atoms with van der Waals surface area (Å²) in [6.45, 7) is 4.07. The molecule has 0 unspecified atom stereocenters. The number of nitrogens with one attached hydrogen (secondary N) is 1. The van der Waals surface area contributed by atoms with Crippen molar-refractivity contribution in [2.45, 2.75) is 20.4 Å². The third-order valence-corrected chi connectivity index (χ3v) is 5.67. The highest BCUT2D eigenvalue weighted by atomic mass is 19.1. The second-order valence-corrected chi connectivity index (χ2v) is 8.43. The fraction of sp³-hybridized carbons (Fsp3) is 0.222. The number of halogens is 1. The molecule has 2 aromatic carbocycles. The Morgan fingerprint density at radius 2 is 1.86 bits per heavy atom. The lowest BCUT2D eigenvalue weighted by Gasteiger charge is -2.14. The van der Waals surface area contributed by atoms with Crippen LogP contribution in [0.25, 0.3) is 10.9 Å². The number of amides is 1. The molecule has 8 heteroatoms. The van der Waals surface area contributed by atoms with Crippen LogP contribution in [0.2, 0.25) is 0 Å². The van der Waals surface area contributed by atoms with Gasteiger partial charge in [0.2, 0.25) is 0 Å². The van der Waals surface area contributed by atoms with Gasteiger partial charge in [-0.2, -0.15) is 0 Å². The number of nitrogens with zero attached hydrogens (tertiary/aromatic N) is 3. The number of carbonyl (C=O) groups excluding carboxylic acids is 2. The summed E-state index contributed by atoms with van der Waals surface area (Å²) in [6, 6.07) is 13.9. The van der Waals surface area contributed by atoms with Crippen LogP contribution in [0.4, 0.5) is 15.8 Å². The SMILES string of the molecule is CCOC(=O)c1c(Nc2ccc(C)cc2F)c2cnccc2n1Cc1ccc(C(=O)N(C)C)cc1. The van der Waals surface area contributed by atoms with Gasteiger partial charge in [0.15, 0.2) is 5.69 Å². The van der Waals surface area contributed by atoms with Crippen molar-refractivity contribution in [2.24, 2.45) is 0 Å². The summed E-state index contributed by atoms with van der Waals surface area (Å²) in [7, 11) is 3.40. The smallest absolute Gasteiger partial charge is 0.357 e. The number of benzene rings is 2. The molecule has 180 valence electrons.